The van der Waals surface area contributed by atoms with E-state index in [4.69, 9.17) is 4.42 Å². The van der Waals surface area contributed by atoms with Crippen LogP contribution in [-0.2, 0) is 4.79 Å². The van der Waals surface area contributed by atoms with Crippen molar-refractivity contribution in [1.82, 2.24) is 15.8 Å². The molecule has 0 radical (unpaired) electrons. The number of benzene rings is 1. The van der Waals surface area contributed by atoms with E-state index >= 15 is 0 Å². The van der Waals surface area contributed by atoms with Crippen LogP contribution in [0.4, 0.5) is 0 Å². The van der Waals surface area contributed by atoms with Gasteiger partial charge in [-0.05, 0) is 44.9 Å². The fraction of sp³-hybridized carbons (Fsp3) is 0.350. The van der Waals surface area contributed by atoms with Gasteiger partial charge in [-0.25, -0.2) is 0 Å². The molecule has 27 heavy (non-hydrogen) atoms. The Morgan fingerprint density at radius 1 is 1.07 bits per heavy atom. The zero-order chi connectivity index (χ0) is 19.4. The van der Waals surface area contributed by atoms with Gasteiger partial charge >= 0.3 is 0 Å². The third kappa shape index (κ3) is 4.36. The van der Waals surface area contributed by atoms with Crippen molar-refractivity contribution in [2.45, 2.75) is 26.7 Å². The van der Waals surface area contributed by atoms with Crippen molar-refractivity contribution >= 4 is 17.7 Å². The first-order valence-electron chi connectivity index (χ1n) is 8.96. The second-order valence-electron chi connectivity index (χ2n) is 6.79. The summed E-state index contributed by atoms with van der Waals surface area (Å²) < 4.78 is 5.08. The highest BCUT2D eigenvalue weighted by atomic mass is 16.3. The molecule has 1 aromatic heterocycles. The number of piperidine rings is 1. The molecular formula is C20H23N3O4. The quantitative estimate of drug-likeness (QED) is 0.812. The number of carbonyl (C=O) groups is 3. The molecule has 1 atom stereocenters. The van der Waals surface area contributed by atoms with E-state index in [9.17, 15) is 14.4 Å². The summed E-state index contributed by atoms with van der Waals surface area (Å²) >= 11 is 0. The van der Waals surface area contributed by atoms with E-state index in [1.807, 2.05) is 19.1 Å². The molecule has 1 aliphatic rings. The number of aryl methyl sites for hydroxylation is 2. The molecule has 1 aromatic carbocycles. The molecule has 1 saturated heterocycles. The molecule has 2 N–H and O–H groups in total. The van der Waals surface area contributed by atoms with Crippen molar-refractivity contribution in [2.24, 2.45) is 5.92 Å². The summed E-state index contributed by atoms with van der Waals surface area (Å²) in [5.41, 5.74) is 6.93. The average molecular weight is 369 g/mol. The highest BCUT2D eigenvalue weighted by molar-refractivity contribution is 5.97. The maximum atomic E-state index is 12.7. The van der Waals surface area contributed by atoms with E-state index in [1.165, 1.54) is 6.26 Å². The van der Waals surface area contributed by atoms with Crippen LogP contribution >= 0.6 is 0 Å². The molecular weight excluding hydrogens is 346 g/mol. The van der Waals surface area contributed by atoms with Gasteiger partial charge in [0.1, 0.15) is 5.76 Å². The molecule has 2 heterocycles. The Bertz CT molecular complexity index is 841. The summed E-state index contributed by atoms with van der Waals surface area (Å²) in [6.07, 6.45) is 2.83. The van der Waals surface area contributed by atoms with E-state index in [0.717, 1.165) is 12.0 Å². The Morgan fingerprint density at radius 3 is 2.48 bits per heavy atom. The van der Waals surface area contributed by atoms with Crippen LogP contribution in [0.5, 0.6) is 0 Å². The van der Waals surface area contributed by atoms with Crippen molar-refractivity contribution < 1.29 is 18.8 Å². The number of furan rings is 1. The van der Waals surface area contributed by atoms with Gasteiger partial charge < -0.3 is 9.32 Å². The summed E-state index contributed by atoms with van der Waals surface area (Å²) in [5.74, 6) is -0.692. The topological polar surface area (TPSA) is 91.7 Å². The monoisotopic (exact) mass is 369 g/mol. The third-order valence-electron chi connectivity index (χ3n) is 4.78. The number of amides is 3. The second-order valence-corrected chi connectivity index (χ2v) is 6.79. The van der Waals surface area contributed by atoms with Crippen LogP contribution in [0.1, 0.15) is 44.9 Å². The van der Waals surface area contributed by atoms with Gasteiger partial charge in [-0.3, -0.25) is 25.2 Å². The van der Waals surface area contributed by atoms with Crippen LogP contribution in [0.3, 0.4) is 0 Å². The first-order valence-corrected chi connectivity index (χ1v) is 8.96. The molecule has 1 unspecified atom stereocenters. The van der Waals surface area contributed by atoms with E-state index < -0.39 is 5.91 Å². The summed E-state index contributed by atoms with van der Waals surface area (Å²) in [6, 6.07) is 8.94. The summed E-state index contributed by atoms with van der Waals surface area (Å²) in [4.78, 5) is 38.8. The van der Waals surface area contributed by atoms with Crippen LogP contribution in [0, 0.1) is 19.8 Å². The standard InChI is InChI=1S/C20H23N3O4/c1-13-5-7-15(8-6-13)20(26)23-10-3-4-16(12-23)18(24)21-22-19(25)17-9-11-27-14(17)2/h5-9,11,16H,3-4,10,12H2,1-2H3,(H,21,24)(H,22,25). The molecule has 3 rings (SSSR count). The fourth-order valence-corrected chi connectivity index (χ4v) is 3.16. The SMILES string of the molecule is Cc1ccc(C(=O)N2CCCC(C(=O)NNC(=O)c3ccoc3C)C2)cc1. The first kappa shape index (κ1) is 18.7. The van der Waals surface area contributed by atoms with Gasteiger partial charge in [0.15, 0.2) is 0 Å². The Hall–Kier alpha value is -3.09. The molecule has 142 valence electrons. The van der Waals surface area contributed by atoms with Gasteiger partial charge in [0.05, 0.1) is 17.7 Å². The van der Waals surface area contributed by atoms with Crippen LogP contribution < -0.4 is 10.9 Å². The smallest absolute Gasteiger partial charge is 0.273 e. The van der Waals surface area contributed by atoms with E-state index in [2.05, 4.69) is 10.9 Å². The molecule has 1 fully saturated rings. The highest BCUT2D eigenvalue weighted by Crippen LogP contribution is 2.19. The number of hydrogen-bond donors (Lipinski definition) is 2. The minimum atomic E-state index is -0.432. The molecule has 0 spiro atoms. The first-order chi connectivity index (χ1) is 13.0. The molecule has 0 saturated carbocycles. The Balaban J connectivity index is 1.56. The predicted octanol–water partition coefficient (Wildman–Crippen LogP) is 2.21. The van der Waals surface area contributed by atoms with E-state index in [1.54, 1.807) is 30.0 Å². The molecule has 0 aliphatic carbocycles. The Morgan fingerprint density at radius 2 is 1.81 bits per heavy atom. The Kier molecular flexibility index (Phi) is 5.59. The lowest BCUT2D eigenvalue weighted by Crippen LogP contribution is -2.50. The maximum absolute atomic E-state index is 12.7. The van der Waals surface area contributed by atoms with Gasteiger partial charge in [0, 0.05) is 18.7 Å². The van der Waals surface area contributed by atoms with Crippen molar-refractivity contribution in [3.05, 3.63) is 59.0 Å². The average Bonchev–Trinajstić information content (AvgIpc) is 3.12. The lowest BCUT2D eigenvalue weighted by Gasteiger charge is -2.32. The zero-order valence-electron chi connectivity index (χ0n) is 15.5. The number of likely N-dealkylation sites (tertiary alicyclic amines) is 1. The number of hydrazine groups is 1. The second kappa shape index (κ2) is 8.07. The molecule has 7 heteroatoms. The van der Waals surface area contributed by atoms with Gasteiger partial charge in [0.25, 0.3) is 11.8 Å². The van der Waals surface area contributed by atoms with Crippen molar-refractivity contribution in [1.29, 1.82) is 0 Å². The minimum absolute atomic E-state index is 0.0782. The van der Waals surface area contributed by atoms with E-state index in [0.29, 0.717) is 36.4 Å². The van der Waals surface area contributed by atoms with Crippen LogP contribution in [0.15, 0.2) is 41.0 Å². The lowest BCUT2D eigenvalue weighted by atomic mass is 9.96. The normalized spacial score (nSPS) is 16.7. The molecule has 3 amide bonds. The number of nitrogens with zero attached hydrogens (tertiary/aromatic N) is 1. The van der Waals surface area contributed by atoms with Gasteiger partial charge in [-0.2, -0.15) is 0 Å². The maximum Gasteiger partial charge on any atom is 0.273 e. The lowest BCUT2D eigenvalue weighted by molar-refractivity contribution is -0.127. The van der Waals surface area contributed by atoms with Gasteiger partial charge in [0.2, 0.25) is 5.91 Å². The predicted molar refractivity (Wildman–Crippen MR) is 98.9 cm³/mol. The van der Waals surface area contributed by atoms with Crippen molar-refractivity contribution in [3.8, 4) is 0 Å². The van der Waals surface area contributed by atoms with Crippen molar-refractivity contribution in [3.63, 3.8) is 0 Å². The number of nitrogens with one attached hydrogen (secondary N) is 2. The molecule has 2 aromatic rings. The van der Waals surface area contributed by atoms with Gasteiger partial charge in [-0.15, -0.1) is 0 Å². The van der Waals surface area contributed by atoms with E-state index in [-0.39, 0.29) is 17.7 Å². The minimum Gasteiger partial charge on any atom is -0.469 e. The van der Waals surface area contributed by atoms with Gasteiger partial charge in [-0.1, -0.05) is 17.7 Å². The summed E-state index contributed by atoms with van der Waals surface area (Å²) in [6.45, 7) is 4.59. The number of carbonyl (C=O) groups excluding carboxylic acids is 3. The molecule has 1 aliphatic heterocycles. The zero-order valence-corrected chi connectivity index (χ0v) is 15.5. The molecule has 7 nitrogen and oxygen atoms in total. The van der Waals surface area contributed by atoms with Crippen LogP contribution in [0.25, 0.3) is 0 Å². The number of hydrogen-bond acceptors (Lipinski definition) is 4. The highest BCUT2D eigenvalue weighted by Gasteiger charge is 2.29. The fourth-order valence-electron chi connectivity index (χ4n) is 3.16. The summed E-state index contributed by atoms with van der Waals surface area (Å²) in [5, 5.41) is 0. The van der Waals surface area contributed by atoms with Crippen LogP contribution in [0.2, 0.25) is 0 Å². The van der Waals surface area contributed by atoms with Crippen LogP contribution in [-0.4, -0.2) is 35.7 Å². The largest absolute Gasteiger partial charge is 0.469 e. The molecule has 0 bridgehead atoms. The van der Waals surface area contributed by atoms with Crippen molar-refractivity contribution in [2.75, 3.05) is 13.1 Å². The Labute approximate surface area is 157 Å². The summed E-state index contributed by atoms with van der Waals surface area (Å²) in [7, 11) is 0. The third-order valence-corrected chi connectivity index (χ3v) is 4.78. The number of rotatable bonds is 3.